The highest BCUT2D eigenvalue weighted by atomic mass is 28.3. The van der Waals surface area contributed by atoms with Crippen LogP contribution in [0.3, 0.4) is 0 Å². The van der Waals surface area contributed by atoms with Crippen molar-refractivity contribution in [3.05, 3.63) is 78.4 Å². The second kappa shape index (κ2) is 7.27. The van der Waals surface area contributed by atoms with E-state index in [9.17, 15) is 0 Å². The molecule has 2 saturated carbocycles. The summed E-state index contributed by atoms with van der Waals surface area (Å²) in [6, 6.07) is 11.2. The van der Waals surface area contributed by atoms with E-state index in [1.807, 2.05) is 0 Å². The van der Waals surface area contributed by atoms with E-state index >= 15 is 0 Å². The van der Waals surface area contributed by atoms with Crippen LogP contribution in [0.15, 0.2) is 72.9 Å². The van der Waals surface area contributed by atoms with Crippen LogP contribution in [0.2, 0.25) is 24.2 Å². The lowest BCUT2D eigenvalue weighted by Gasteiger charge is -2.45. The van der Waals surface area contributed by atoms with Gasteiger partial charge in [0.15, 0.2) is 0 Å². The quantitative estimate of drug-likeness (QED) is 0.455. The zero-order chi connectivity index (χ0) is 20.2. The number of benzene rings is 1. The van der Waals surface area contributed by atoms with Gasteiger partial charge in [0.25, 0.3) is 0 Å². The van der Waals surface area contributed by atoms with Crippen LogP contribution in [0.4, 0.5) is 0 Å². The van der Waals surface area contributed by atoms with Gasteiger partial charge in [-0.1, -0.05) is 99.8 Å². The average Bonchev–Trinajstić information content (AvgIpc) is 3.24. The van der Waals surface area contributed by atoms with E-state index in [1.54, 1.807) is 5.57 Å². The molecule has 1 aromatic carbocycles. The molecule has 0 radical (unpaired) electrons. The second-order valence-corrected chi connectivity index (χ2v) is 15.8. The zero-order valence-electron chi connectivity index (χ0n) is 18.5. The standard InChI is InChI=1S/C28H36Si/c1-19-17-22-13-8-9-14-24(22)27(19)29(3,4)28-20(2)18-26-23(15-10-16-25(26)28)21-11-6-5-7-12-21/h5-16,19-20,22,24-28H,17-18H2,1-4H3/t19-,20+,22?,24?,25?,26?,27?,28+/m1/s1. The molecule has 0 saturated heterocycles. The molecule has 4 aliphatic carbocycles. The molecular weight excluding hydrogens is 364 g/mol. The maximum atomic E-state index is 2.75. The number of fused-ring (bicyclic) bond motifs is 2. The fourth-order valence-corrected chi connectivity index (χ4v) is 14.5. The topological polar surface area (TPSA) is 0 Å². The van der Waals surface area contributed by atoms with Crippen LogP contribution in [-0.2, 0) is 0 Å². The van der Waals surface area contributed by atoms with Gasteiger partial charge < -0.3 is 0 Å². The Hall–Kier alpha value is -1.60. The van der Waals surface area contributed by atoms with Crippen LogP contribution < -0.4 is 0 Å². The first-order valence-electron chi connectivity index (χ1n) is 11.8. The molecule has 1 heteroatoms. The van der Waals surface area contributed by atoms with Crippen molar-refractivity contribution in [2.75, 3.05) is 0 Å². The van der Waals surface area contributed by atoms with Crippen molar-refractivity contribution in [2.24, 2.45) is 35.5 Å². The van der Waals surface area contributed by atoms with Crippen molar-refractivity contribution < 1.29 is 0 Å². The molecule has 152 valence electrons. The zero-order valence-corrected chi connectivity index (χ0v) is 19.5. The lowest BCUT2D eigenvalue weighted by Crippen LogP contribution is -2.45. The molecule has 0 amide bonds. The van der Waals surface area contributed by atoms with Crippen molar-refractivity contribution >= 4 is 13.6 Å². The van der Waals surface area contributed by atoms with E-state index in [2.05, 4.69) is 99.8 Å². The molecule has 5 rings (SSSR count). The molecular formula is C28H36Si. The number of hydrogen-bond donors (Lipinski definition) is 0. The van der Waals surface area contributed by atoms with Gasteiger partial charge in [0, 0.05) is 0 Å². The summed E-state index contributed by atoms with van der Waals surface area (Å²) in [5.74, 6) is 4.73. The molecule has 0 N–H and O–H groups in total. The predicted molar refractivity (Wildman–Crippen MR) is 128 cm³/mol. The Morgan fingerprint density at radius 3 is 2.21 bits per heavy atom. The Balaban J connectivity index is 1.47. The third-order valence-electron chi connectivity index (χ3n) is 8.92. The SMILES string of the molecule is C[C@@H]1CC2C=CC=CC2C1[Si](C)(C)[C@@H]1C2C=CC=C(c3ccccc3)C2C[C@@H]1C. The highest BCUT2D eigenvalue weighted by Gasteiger charge is 2.56. The average molecular weight is 401 g/mol. The summed E-state index contributed by atoms with van der Waals surface area (Å²) in [4.78, 5) is 0. The van der Waals surface area contributed by atoms with Crippen LogP contribution in [0.1, 0.15) is 32.3 Å². The van der Waals surface area contributed by atoms with Gasteiger partial charge in [0.1, 0.15) is 0 Å². The van der Waals surface area contributed by atoms with Crippen molar-refractivity contribution in [3.8, 4) is 0 Å². The molecule has 4 aliphatic rings. The molecule has 0 heterocycles. The minimum Gasteiger partial charge on any atom is -0.0808 e. The number of allylic oxidation sites excluding steroid dienone is 8. The lowest BCUT2D eigenvalue weighted by atomic mass is 9.81. The molecule has 2 fully saturated rings. The molecule has 0 nitrogen and oxygen atoms in total. The molecule has 0 spiro atoms. The normalized spacial score (nSPS) is 40.6. The van der Waals surface area contributed by atoms with Crippen molar-refractivity contribution in [3.63, 3.8) is 0 Å². The number of hydrogen-bond acceptors (Lipinski definition) is 0. The summed E-state index contributed by atoms with van der Waals surface area (Å²) in [5.41, 5.74) is 4.84. The van der Waals surface area contributed by atoms with Crippen molar-refractivity contribution in [1.82, 2.24) is 0 Å². The minimum absolute atomic E-state index is 0.712. The molecule has 0 bridgehead atoms. The lowest BCUT2D eigenvalue weighted by molar-refractivity contribution is 0.493. The molecule has 8 atom stereocenters. The Morgan fingerprint density at radius 1 is 0.759 bits per heavy atom. The first kappa shape index (κ1) is 19.4. The summed E-state index contributed by atoms with van der Waals surface area (Å²) < 4.78 is 0. The fourth-order valence-electron chi connectivity index (χ4n) is 8.20. The number of rotatable bonds is 3. The Kier molecular flexibility index (Phi) is 4.85. The summed E-state index contributed by atoms with van der Waals surface area (Å²) in [7, 11) is -1.47. The van der Waals surface area contributed by atoms with Gasteiger partial charge >= 0.3 is 0 Å². The van der Waals surface area contributed by atoms with E-state index in [1.165, 1.54) is 18.4 Å². The van der Waals surface area contributed by atoms with Gasteiger partial charge in [-0.3, -0.25) is 0 Å². The van der Waals surface area contributed by atoms with Crippen LogP contribution in [-0.4, -0.2) is 8.07 Å². The summed E-state index contributed by atoms with van der Waals surface area (Å²) in [6.45, 7) is 10.6. The third-order valence-corrected chi connectivity index (χ3v) is 14.3. The van der Waals surface area contributed by atoms with Crippen molar-refractivity contribution in [2.45, 2.75) is 50.9 Å². The van der Waals surface area contributed by atoms with Crippen LogP contribution in [0.25, 0.3) is 5.57 Å². The predicted octanol–water partition coefficient (Wildman–Crippen LogP) is 7.76. The third kappa shape index (κ3) is 3.08. The molecule has 5 unspecified atom stereocenters. The first-order chi connectivity index (χ1) is 14.0. The van der Waals surface area contributed by atoms with E-state index < -0.39 is 8.07 Å². The van der Waals surface area contributed by atoms with Gasteiger partial charge in [0.2, 0.25) is 0 Å². The van der Waals surface area contributed by atoms with E-state index in [-0.39, 0.29) is 0 Å². The van der Waals surface area contributed by atoms with Crippen LogP contribution in [0, 0.1) is 35.5 Å². The Morgan fingerprint density at radius 2 is 1.41 bits per heavy atom. The maximum Gasteiger partial charge on any atom is 0.0553 e. The van der Waals surface area contributed by atoms with Crippen LogP contribution >= 0.6 is 0 Å². The van der Waals surface area contributed by atoms with Crippen molar-refractivity contribution in [1.29, 1.82) is 0 Å². The highest BCUT2D eigenvalue weighted by molar-refractivity contribution is 6.80. The first-order valence-corrected chi connectivity index (χ1v) is 14.9. The minimum atomic E-state index is -1.47. The van der Waals surface area contributed by atoms with Gasteiger partial charge in [-0.05, 0) is 70.6 Å². The van der Waals surface area contributed by atoms with E-state index in [0.29, 0.717) is 5.92 Å². The van der Waals surface area contributed by atoms with Gasteiger partial charge in [0.05, 0.1) is 8.07 Å². The van der Waals surface area contributed by atoms with Gasteiger partial charge in [-0.15, -0.1) is 0 Å². The van der Waals surface area contributed by atoms with E-state index in [4.69, 9.17) is 0 Å². The monoisotopic (exact) mass is 400 g/mol. The fraction of sp³-hybridized carbons (Fsp3) is 0.500. The summed E-state index contributed by atoms with van der Waals surface area (Å²) in [6.07, 6.45) is 19.8. The Labute approximate surface area is 178 Å². The Bertz CT molecular complexity index is 871. The van der Waals surface area contributed by atoms with E-state index in [0.717, 1.165) is 40.7 Å². The second-order valence-electron chi connectivity index (χ2n) is 10.9. The maximum absolute atomic E-state index is 2.75. The smallest absolute Gasteiger partial charge is 0.0553 e. The molecule has 1 aromatic rings. The molecule has 0 aliphatic heterocycles. The van der Waals surface area contributed by atoms with Gasteiger partial charge in [-0.25, -0.2) is 0 Å². The largest absolute Gasteiger partial charge is 0.0808 e. The molecule has 29 heavy (non-hydrogen) atoms. The van der Waals surface area contributed by atoms with Crippen LogP contribution in [0.5, 0.6) is 0 Å². The van der Waals surface area contributed by atoms with Gasteiger partial charge in [-0.2, -0.15) is 0 Å². The summed E-state index contributed by atoms with van der Waals surface area (Å²) >= 11 is 0. The highest BCUT2D eigenvalue weighted by Crippen LogP contribution is 2.63. The molecule has 0 aromatic heterocycles. The summed E-state index contributed by atoms with van der Waals surface area (Å²) in [5, 5.41) is 0.